The molecule has 3 aromatic rings. The smallest absolute Gasteiger partial charge is 0.289 e. The SMILES string of the molecule is CS(=O)(=O)O.N=C1OCCN1c1cccc(CN2Cc3ccnc(NC(=O)c4ccc(Cl)s4)c3C2=O)c1. The lowest BCUT2D eigenvalue weighted by molar-refractivity contribution is 0.0767. The fraction of sp³-hybridized carbons (Fsp3) is 0.217. The van der Waals surface area contributed by atoms with Gasteiger partial charge in [0.1, 0.15) is 12.4 Å². The van der Waals surface area contributed by atoms with Crippen molar-refractivity contribution in [3.05, 3.63) is 74.6 Å². The summed E-state index contributed by atoms with van der Waals surface area (Å²) in [6, 6.07) is 12.9. The second kappa shape index (κ2) is 10.8. The van der Waals surface area contributed by atoms with Crippen LogP contribution >= 0.6 is 22.9 Å². The molecule has 2 amide bonds. The molecule has 2 aliphatic rings. The lowest BCUT2D eigenvalue weighted by Crippen LogP contribution is -2.26. The van der Waals surface area contributed by atoms with Crippen molar-refractivity contribution in [3.8, 4) is 0 Å². The lowest BCUT2D eigenvalue weighted by atomic mass is 10.1. The molecule has 2 aromatic heterocycles. The number of amides is 2. The third-order valence-electron chi connectivity index (χ3n) is 5.32. The summed E-state index contributed by atoms with van der Waals surface area (Å²) in [5.41, 5.74) is 3.03. The Morgan fingerprint density at radius 3 is 2.70 bits per heavy atom. The molecule has 0 bridgehead atoms. The van der Waals surface area contributed by atoms with E-state index >= 15 is 0 Å². The number of carbonyl (C=O) groups is 2. The second-order valence-corrected chi connectivity index (χ2v) is 11.3. The first-order chi connectivity index (χ1) is 17.5. The van der Waals surface area contributed by atoms with Crippen LogP contribution in [0.15, 0.2) is 48.7 Å². The second-order valence-electron chi connectivity index (χ2n) is 8.12. The highest BCUT2D eigenvalue weighted by Gasteiger charge is 2.32. The van der Waals surface area contributed by atoms with Crippen molar-refractivity contribution in [3.63, 3.8) is 0 Å². The van der Waals surface area contributed by atoms with E-state index in [1.54, 1.807) is 34.2 Å². The molecule has 194 valence electrons. The van der Waals surface area contributed by atoms with Gasteiger partial charge in [0.2, 0.25) is 0 Å². The molecule has 1 aromatic carbocycles. The van der Waals surface area contributed by atoms with E-state index in [1.165, 1.54) is 11.3 Å². The van der Waals surface area contributed by atoms with Gasteiger partial charge in [0.25, 0.3) is 28.0 Å². The number of rotatable bonds is 5. The highest BCUT2D eigenvalue weighted by molar-refractivity contribution is 7.85. The number of anilines is 2. The molecule has 37 heavy (non-hydrogen) atoms. The zero-order valence-corrected chi connectivity index (χ0v) is 21.9. The molecule has 0 atom stereocenters. The van der Waals surface area contributed by atoms with Crippen molar-refractivity contribution in [1.29, 1.82) is 5.41 Å². The molecule has 1 fully saturated rings. The Kier molecular flexibility index (Phi) is 7.78. The predicted octanol–water partition coefficient (Wildman–Crippen LogP) is 3.48. The molecule has 5 rings (SSSR count). The van der Waals surface area contributed by atoms with Crippen LogP contribution in [0.3, 0.4) is 0 Å². The molecule has 0 saturated carbocycles. The predicted molar refractivity (Wildman–Crippen MR) is 140 cm³/mol. The van der Waals surface area contributed by atoms with E-state index in [0.717, 1.165) is 16.8 Å². The Morgan fingerprint density at radius 2 is 2.05 bits per heavy atom. The maximum Gasteiger partial charge on any atom is 0.289 e. The van der Waals surface area contributed by atoms with Crippen molar-refractivity contribution in [2.75, 3.05) is 29.6 Å². The normalized spacial score (nSPS) is 14.7. The van der Waals surface area contributed by atoms with Crippen LogP contribution in [-0.2, 0) is 27.9 Å². The number of aromatic nitrogens is 1. The number of halogens is 1. The number of ether oxygens (including phenoxy) is 1. The van der Waals surface area contributed by atoms with Gasteiger partial charge in [-0.15, -0.1) is 11.3 Å². The van der Waals surface area contributed by atoms with Crippen molar-refractivity contribution in [2.24, 2.45) is 0 Å². The van der Waals surface area contributed by atoms with E-state index in [1.807, 2.05) is 24.3 Å². The number of nitrogens with zero attached hydrogens (tertiary/aromatic N) is 3. The molecule has 2 aliphatic heterocycles. The van der Waals surface area contributed by atoms with Crippen LogP contribution in [0.4, 0.5) is 11.5 Å². The zero-order chi connectivity index (χ0) is 26.7. The molecule has 1 saturated heterocycles. The number of thiophene rings is 1. The van der Waals surface area contributed by atoms with Gasteiger partial charge in [-0.3, -0.25) is 24.5 Å². The fourth-order valence-corrected chi connectivity index (χ4v) is 4.78. The van der Waals surface area contributed by atoms with Gasteiger partial charge in [-0.05, 0) is 41.5 Å². The summed E-state index contributed by atoms with van der Waals surface area (Å²) in [6.45, 7) is 1.94. The van der Waals surface area contributed by atoms with E-state index in [4.69, 9.17) is 26.3 Å². The molecule has 11 nitrogen and oxygen atoms in total. The fourth-order valence-electron chi connectivity index (χ4n) is 3.84. The topological polar surface area (TPSA) is 153 Å². The van der Waals surface area contributed by atoms with Crippen LogP contribution in [-0.4, -0.2) is 60.1 Å². The van der Waals surface area contributed by atoms with Crippen molar-refractivity contribution in [2.45, 2.75) is 13.1 Å². The van der Waals surface area contributed by atoms with Crippen LogP contribution in [0.2, 0.25) is 4.34 Å². The standard InChI is InChI=1S/C22H18ClN5O3S.CH4O3S/c23-17-5-4-16(32-17)20(29)26-19-18-14(6-7-25-19)12-27(21(18)30)11-13-2-1-3-15(10-13)28-8-9-31-22(28)24;1-5(2,3)4/h1-7,10,24H,8-9,11-12H2,(H,25,26,29);1H3,(H,2,3,4). The monoisotopic (exact) mass is 563 g/mol. The maximum absolute atomic E-state index is 13.2. The number of fused-ring (bicyclic) bond motifs is 1. The summed E-state index contributed by atoms with van der Waals surface area (Å²) >= 11 is 7.09. The number of benzene rings is 1. The van der Waals surface area contributed by atoms with Gasteiger partial charge in [0.05, 0.1) is 27.6 Å². The van der Waals surface area contributed by atoms with Crippen LogP contribution in [0.1, 0.15) is 31.2 Å². The van der Waals surface area contributed by atoms with Crippen molar-refractivity contribution >= 4 is 62.4 Å². The maximum atomic E-state index is 13.2. The summed E-state index contributed by atoms with van der Waals surface area (Å²) in [5.74, 6) is -0.284. The number of amidine groups is 1. The summed E-state index contributed by atoms with van der Waals surface area (Å²) in [7, 11) is -3.67. The van der Waals surface area contributed by atoms with Gasteiger partial charge < -0.3 is 15.0 Å². The average molecular weight is 564 g/mol. The van der Waals surface area contributed by atoms with Crippen molar-refractivity contribution in [1.82, 2.24) is 9.88 Å². The molecule has 4 heterocycles. The molecular weight excluding hydrogens is 542 g/mol. The Hall–Kier alpha value is -3.52. The molecule has 0 spiro atoms. The Labute approximate surface area is 221 Å². The lowest BCUT2D eigenvalue weighted by Gasteiger charge is -2.19. The van der Waals surface area contributed by atoms with E-state index in [2.05, 4.69) is 10.3 Å². The quantitative estimate of drug-likeness (QED) is 0.399. The minimum Gasteiger partial charge on any atom is -0.463 e. The zero-order valence-electron chi connectivity index (χ0n) is 19.5. The largest absolute Gasteiger partial charge is 0.463 e. The Bertz CT molecular complexity index is 1470. The molecule has 0 aliphatic carbocycles. The molecule has 0 unspecified atom stereocenters. The minimum absolute atomic E-state index is 0.130. The Balaban J connectivity index is 0.000000586. The molecular formula is C23H22ClN5O6S2. The first-order valence-corrected chi connectivity index (χ1v) is 13.9. The first kappa shape index (κ1) is 26.5. The number of pyridine rings is 1. The molecule has 3 N–H and O–H groups in total. The summed E-state index contributed by atoms with van der Waals surface area (Å²) in [4.78, 5) is 33.9. The van der Waals surface area contributed by atoms with Gasteiger partial charge >= 0.3 is 0 Å². The first-order valence-electron chi connectivity index (χ1n) is 10.8. The van der Waals surface area contributed by atoms with Gasteiger partial charge in [-0.1, -0.05) is 23.7 Å². The van der Waals surface area contributed by atoms with E-state index in [0.29, 0.717) is 47.3 Å². The van der Waals surface area contributed by atoms with Crippen LogP contribution in [0.5, 0.6) is 0 Å². The third kappa shape index (κ3) is 6.63. The van der Waals surface area contributed by atoms with E-state index in [9.17, 15) is 18.0 Å². The van der Waals surface area contributed by atoms with Crippen molar-refractivity contribution < 1.29 is 27.3 Å². The van der Waals surface area contributed by atoms with E-state index < -0.39 is 10.1 Å². The Morgan fingerprint density at radius 1 is 1.30 bits per heavy atom. The summed E-state index contributed by atoms with van der Waals surface area (Å²) in [6.07, 6.45) is 2.30. The summed E-state index contributed by atoms with van der Waals surface area (Å²) in [5, 5.41) is 10.6. The van der Waals surface area contributed by atoms with Crippen LogP contribution in [0, 0.1) is 5.41 Å². The molecule has 0 radical (unpaired) electrons. The number of hydrogen-bond acceptors (Lipinski definition) is 8. The van der Waals surface area contributed by atoms with Crippen LogP contribution < -0.4 is 10.2 Å². The minimum atomic E-state index is -3.67. The van der Waals surface area contributed by atoms with Gasteiger partial charge in [0, 0.05) is 25.0 Å². The third-order valence-corrected chi connectivity index (χ3v) is 6.55. The van der Waals surface area contributed by atoms with E-state index in [-0.39, 0.29) is 23.7 Å². The van der Waals surface area contributed by atoms with Crippen LogP contribution in [0.25, 0.3) is 0 Å². The molecule has 14 heteroatoms. The number of carbonyl (C=O) groups excluding carboxylic acids is 2. The number of nitrogens with one attached hydrogen (secondary N) is 2. The summed E-state index contributed by atoms with van der Waals surface area (Å²) < 4.78 is 31.6. The number of hydrogen-bond donors (Lipinski definition) is 3. The van der Waals surface area contributed by atoms with Gasteiger partial charge in [-0.2, -0.15) is 8.42 Å². The highest BCUT2D eigenvalue weighted by atomic mass is 35.5. The van der Waals surface area contributed by atoms with Gasteiger partial charge in [0.15, 0.2) is 0 Å². The average Bonchev–Trinajstić information content (AvgIpc) is 3.53. The van der Waals surface area contributed by atoms with Gasteiger partial charge in [-0.25, -0.2) is 4.98 Å². The highest BCUT2D eigenvalue weighted by Crippen LogP contribution is 2.31.